The van der Waals surface area contributed by atoms with E-state index in [4.69, 9.17) is 16.3 Å². The standard InChI is InChI=1S/C24H27ClN2O/c25-21-7-10-23-20(11-12-26-24(23)18-21)17-19-5-8-22(9-6-19)28-16-4-15-27-13-2-1-3-14-27/h5-12,18H,1-4,13-17H2. The van der Waals surface area contributed by atoms with E-state index < -0.39 is 0 Å². The van der Waals surface area contributed by atoms with E-state index in [1.54, 1.807) is 0 Å². The number of pyridine rings is 1. The molecule has 0 spiro atoms. The number of halogens is 1. The lowest BCUT2D eigenvalue weighted by Crippen LogP contribution is -2.31. The molecule has 0 saturated carbocycles. The number of aromatic nitrogens is 1. The second-order valence-electron chi connectivity index (χ2n) is 7.56. The fourth-order valence-corrected chi connectivity index (χ4v) is 4.09. The molecule has 0 atom stereocenters. The maximum atomic E-state index is 6.09. The molecule has 3 nitrogen and oxygen atoms in total. The molecule has 0 amide bonds. The van der Waals surface area contributed by atoms with Crippen LogP contribution in [-0.2, 0) is 6.42 Å². The molecule has 0 unspecified atom stereocenters. The Morgan fingerprint density at radius 1 is 0.964 bits per heavy atom. The van der Waals surface area contributed by atoms with E-state index in [-0.39, 0.29) is 0 Å². The molecule has 1 fully saturated rings. The van der Waals surface area contributed by atoms with Gasteiger partial charge in [-0.2, -0.15) is 0 Å². The molecule has 0 bridgehead atoms. The molecule has 1 aliphatic rings. The van der Waals surface area contributed by atoms with Crippen LogP contribution in [-0.4, -0.2) is 36.1 Å². The Bertz CT molecular complexity index is 904. The Balaban J connectivity index is 1.31. The number of ether oxygens (including phenoxy) is 1. The summed E-state index contributed by atoms with van der Waals surface area (Å²) >= 11 is 6.09. The molecule has 3 aromatic rings. The highest BCUT2D eigenvalue weighted by Crippen LogP contribution is 2.23. The van der Waals surface area contributed by atoms with Gasteiger partial charge in [0.15, 0.2) is 0 Å². The SMILES string of the molecule is Clc1ccc2c(Cc3ccc(OCCCN4CCCCC4)cc3)ccnc2c1. The minimum Gasteiger partial charge on any atom is -0.494 e. The van der Waals surface area contributed by atoms with Gasteiger partial charge in [-0.25, -0.2) is 0 Å². The van der Waals surface area contributed by atoms with Gasteiger partial charge in [-0.1, -0.05) is 36.2 Å². The number of rotatable bonds is 7. The van der Waals surface area contributed by atoms with Crippen molar-refractivity contribution in [1.29, 1.82) is 0 Å². The Labute approximate surface area is 172 Å². The number of nitrogens with zero attached hydrogens (tertiary/aromatic N) is 2. The van der Waals surface area contributed by atoms with Gasteiger partial charge in [0.2, 0.25) is 0 Å². The number of fused-ring (bicyclic) bond motifs is 1. The zero-order chi connectivity index (χ0) is 19.2. The summed E-state index contributed by atoms with van der Waals surface area (Å²) in [4.78, 5) is 6.98. The van der Waals surface area contributed by atoms with Crippen molar-refractivity contribution in [3.63, 3.8) is 0 Å². The summed E-state index contributed by atoms with van der Waals surface area (Å²) in [7, 11) is 0. The molecule has 2 aromatic carbocycles. The molecule has 1 aromatic heterocycles. The van der Waals surface area contributed by atoms with Gasteiger partial charge < -0.3 is 9.64 Å². The molecular formula is C24H27ClN2O. The van der Waals surface area contributed by atoms with Crippen LogP contribution in [0.25, 0.3) is 10.9 Å². The van der Waals surface area contributed by atoms with Crippen molar-refractivity contribution in [3.05, 3.63) is 70.9 Å². The fourth-order valence-electron chi connectivity index (χ4n) is 3.92. The number of piperidine rings is 1. The zero-order valence-corrected chi connectivity index (χ0v) is 17.0. The van der Waals surface area contributed by atoms with Crippen molar-refractivity contribution < 1.29 is 4.74 Å². The zero-order valence-electron chi connectivity index (χ0n) is 16.2. The Kier molecular flexibility index (Phi) is 6.45. The molecule has 1 saturated heterocycles. The normalized spacial score (nSPS) is 15.0. The smallest absolute Gasteiger partial charge is 0.119 e. The molecule has 1 aliphatic heterocycles. The lowest BCUT2D eigenvalue weighted by atomic mass is 10.0. The van der Waals surface area contributed by atoms with E-state index in [2.05, 4.69) is 46.3 Å². The van der Waals surface area contributed by atoms with E-state index in [9.17, 15) is 0 Å². The summed E-state index contributed by atoms with van der Waals surface area (Å²) in [6.07, 6.45) is 7.91. The van der Waals surface area contributed by atoms with Crippen molar-refractivity contribution in [1.82, 2.24) is 9.88 Å². The van der Waals surface area contributed by atoms with Gasteiger partial charge in [0.25, 0.3) is 0 Å². The molecule has 2 heterocycles. The third-order valence-corrected chi connectivity index (χ3v) is 5.68. The second-order valence-corrected chi connectivity index (χ2v) is 7.99. The van der Waals surface area contributed by atoms with Gasteiger partial charge >= 0.3 is 0 Å². The van der Waals surface area contributed by atoms with E-state index >= 15 is 0 Å². The summed E-state index contributed by atoms with van der Waals surface area (Å²) in [6.45, 7) is 4.44. The van der Waals surface area contributed by atoms with Crippen LogP contribution in [0.3, 0.4) is 0 Å². The second kappa shape index (κ2) is 9.40. The quantitative estimate of drug-likeness (QED) is 0.478. The van der Waals surface area contributed by atoms with Crippen LogP contribution in [0.2, 0.25) is 5.02 Å². The maximum Gasteiger partial charge on any atom is 0.119 e. The summed E-state index contributed by atoms with van der Waals surface area (Å²) < 4.78 is 5.93. The largest absolute Gasteiger partial charge is 0.494 e. The van der Waals surface area contributed by atoms with Gasteiger partial charge in [0.05, 0.1) is 12.1 Å². The summed E-state index contributed by atoms with van der Waals surface area (Å²) in [5.41, 5.74) is 3.47. The van der Waals surface area contributed by atoms with Crippen molar-refractivity contribution in [2.75, 3.05) is 26.2 Å². The Morgan fingerprint density at radius 3 is 2.61 bits per heavy atom. The lowest BCUT2D eigenvalue weighted by molar-refractivity contribution is 0.205. The average Bonchev–Trinajstić information content (AvgIpc) is 2.73. The molecule has 0 N–H and O–H groups in total. The van der Waals surface area contributed by atoms with Gasteiger partial charge in [-0.15, -0.1) is 0 Å². The van der Waals surface area contributed by atoms with E-state index in [0.29, 0.717) is 0 Å². The van der Waals surface area contributed by atoms with Gasteiger partial charge in [-0.3, -0.25) is 4.98 Å². The Morgan fingerprint density at radius 2 is 1.79 bits per heavy atom. The molecule has 0 radical (unpaired) electrons. The maximum absolute atomic E-state index is 6.09. The number of hydrogen-bond acceptors (Lipinski definition) is 3. The summed E-state index contributed by atoms with van der Waals surface area (Å²) in [5.74, 6) is 0.953. The Hall–Kier alpha value is -2.10. The van der Waals surface area contributed by atoms with Crippen LogP contribution in [0.4, 0.5) is 0 Å². The van der Waals surface area contributed by atoms with Crippen LogP contribution >= 0.6 is 11.6 Å². The third kappa shape index (κ3) is 5.03. The van der Waals surface area contributed by atoms with Gasteiger partial charge in [0.1, 0.15) is 5.75 Å². The number of benzene rings is 2. The van der Waals surface area contributed by atoms with Gasteiger partial charge in [-0.05, 0) is 80.2 Å². The minimum absolute atomic E-state index is 0.721. The highest BCUT2D eigenvalue weighted by atomic mass is 35.5. The fraction of sp³-hybridized carbons (Fsp3) is 0.375. The van der Waals surface area contributed by atoms with E-state index in [1.807, 2.05) is 18.3 Å². The minimum atomic E-state index is 0.721. The van der Waals surface area contributed by atoms with Crippen molar-refractivity contribution in [2.45, 2.75) is 32.1 Å². The van der Waals surface area contributed by atoms with Crippen LogP contribution in [0.15, 0.2) is 54.7 Å². The molecule has 0 aliphatic carbocycles. The summed E-state index contributed by atoms with van der Waals surface area (Å²) in [5, 5.41) is 1.88. The first-order valence-corrected chi connectivity index (χ1v) is 10.6. The van der Waals surface area contributed by atoms with Crippen molar-refractivity contribution in [3.8, 4) is 5.75 Å². The first-order valence-electron chi connectivity index (χ1n) is 10.3. The molecular weight excluding hydrogens is 368 g/mol. The average molecular weight is 395 g/mol. The molecule has 4 rings (SSSR count). The summed E-state index contributed by atoms with van der Waals surface area (Å²) in [6, 6.07) is 16.5. The van der Waals surface area contributed by atoms with E-state index in [1.165, 1.54) is 43.5 Å². The van der Waals surface area contributed by atoms with Crippen LogP contribution < -0.4 is 4.74 Å². The number of hydrogen-bond donors (Lipinski definition) is 0. The molecule has 146 valence electrons. The van der Waals surface area contributed by atoms with Crippen LogP contribution in [0, 0.1) is 0 Å². The topological polar surface area (TPSA) is 25.4 Å². The first kappa shape index (κ1) is 19.2. The van der Waals surface area contributed by atoms with Crippen LogP contribution in [0.5, 0.6) is 5.75 Å². The number of likely N-dealkylation sites (tertiary alicyclic amines) is 1. The van der Waals surface area contributed by atoms with E-state index in [0.717, 1.165) is 47.7 Å². The lowest BCUT2D eigenvalue weighted by Gasteiger charge is -2.26. The predicted molar refractivity (Wildman–Crippen MR) is 116 cm³/mol. The highest BCUT2D eigenvalue weighted by Gasteiger charge is 2.09. The molecule has 4 heteroatoms. The first-order chi connectivity index (χ1) is 13.8. The molecule has 28 heavy (non-hydrogen) atoms. The monoisotopic (exact) mass is 394 g/mol. The predicted octanol–water partition coefficient (Wildman–Crippen LogP) is 5.73. The van der Waals surface area contributed by atoms with Crippen molar-refractivity contribution >= 4 is 22.5 Å². The highest BCUT2D eigenvalue weighted by molar-refractivity contribution is 6.31. The van der Waals surface area contributed by atoms with Gasteiger partial charge in [0, 0.05) is 23.2 Å². The van der Waals surface area contributed by atoms with Crippen molar-refractivity contribution in [2.24, 2.45) is 0 Å². The third-order valence-electron chi connectivity index (χ3n) is 5.45. The van der Waals surface area contributed by atoms with Crippen LogP contribution in [0.1, 0.15) is 36.8 Å².